The van der Waals surface area contributed by atoms with Crippen LogP contribution in [0.15, 0.2) is 65.3 Å². The molecule has 53 heavy (non-hydrogen) atoms. The molecule has 0 saturated heterocycles. The summed E-state index contributed by atoms with van der Waals surface area (Å²) in [5.41, 5.74) is 11.4. The molecule has 0 spiro atoms. The highest BCUT2D eigenvalue weighted by Gasteiger charge is 2.27. The Hall–Kier alpha value is -3.40. The van der Waals surface area contributed by atoms with E-state index >= 15 is 0 Å². The molecule has 0 saturated carbocycles. The van der Waals surface area contributed by atoms with Crippen molar-refractivity contribution in [3.63, 3.8) is 0 Å². The van der Waals surface area contributed by atoms with Gasteiger partial charge in [-0.05, 0) is 95.9 Å². The van der Waals surface area contributed by atoms with Gasteiger partial charge in [0.05, 0.1) is 0 Å². The quantitative estimate of drug-likeness (QED) is 0.167. The van der Waals surface area contributed by atoms with Gasteiger partial charge in [0, 0.05) is 43.8 Å². The van der Waals surface area contributed by atoms with E-state index in [0.717, 1.165) is 88.4 Å². The van der Waals surface area contributed by atoms with E-state index in [1.807, 2.05) is 0 Å². The van der Waals surface area contributed by atoms with Crippen LogP contribution in [0.25, 0.3) is 43.9 Å². The van der Waals surface area contributed by atoms with Gasteiger partial charge in [-0.15, -0.1) is 0 Å². The zero-order chi connectivity index (χ0) is 39.0. The number of benzene rings is 4. The highest BCUT2D eigenvalue weighted by Crippen LogP contribution is 2.45. The number of hydrogen-bond acceptors (Lipinski definition) is 6. The van der Waals surface area contributed by atoms with Crippen LogP contribution in [0.3, 0.4) is 0 Å². The van der Waals surface area contributed by atoms with E-state index in [1.165, 1.54) is 0 Å². The second-order valence-electron chi connectivity index (χ2n) is 18.9. The van der Waals surface area contributed by atoms with E-state index in [2.05, 4.69) is 159 Å². The summed E-state index contributed by atoms with van der Waals surface area (Å²) in [7, 11) is -3.88. The topological polar surface area (TPSA) is 71.0 Å². The second-order valence-corrected chi connectivity index (χ2v) is 21.1. The highest BCUT2D eigenvalue weighted by atomic mass is 31.1. The molecule has 0 fully saturated rings. The van der Waals surface area contributed by atoms with Crippen molar-refractivity contribution in [2.24, 2.45) is 0 Å². The molecule has 4 aromatic carbocycles. The molecule has 6 aromatic rings. The van der Waals surface area contributed by atoms with Gasteiger partial charge in [0.25, 0.3) is 0 Å². The van der Waals surface area contributed by atoms with Crippen molar-refractivity contribution in [1.29, 1.82) is 0 Å². The Morgan fingerprint density at radius 2 is 0.585 bits per heavy atom. The van der Waals surface area contributed by atoms with Gasteiger partial charge >= 0.3 is 16.5 Å². The van der Waals surface area contributed by atoms with Gasteiger partial charge < -0.3 is 16.8 Å². The number of hydrogen-bond donors (Lipinski definition) is 0. The summed E-state index contributed by atoms with van der Waals surface area (Å²) < 4.78 is 40.2. The molecular formula is C45H58O6P2. The molecule has 2 aromatic heterocycles. The fourth-order valence-electron chi connectivity index (χ4n) is 7.07. The predicted octanol–water partition coefficient (Wildman–Crippen LogP) is 14.8. The van der Waals surface area contributed by atoms with Gasteiger partial charge in [-0.1, -0.05) is 107 Å². The molecular weight excluding hydrogens is 698 g/mol. The van der Waals surface area contributed by atoms with Crippen molar-refractivity contribution >= 4 is 60.4 Å². The highest BCUT2D eigenvalue weighted by molar-refractivity contribution is 7.32. The third kappa shape index (κ3) is 8.04. The van der Waals surface area contributed by atoms with Gasteiger partial charge in [0.1, 0.15) is 22.3 Å². The largest absolute Gasteiger partial charge is 0.399 e. The molecule has 0 radical (unpaired) electrons. The molecule has 2 heterocycles. The molecule has 0 unspecified atom stereocenters. The number of aryl methyl sites for hydroxylation is 4. The summed E-state index contributed by atoms with van der Waals surface area (Å²) >= 11 is 0. The molecule has 0 amide bonds. The van der Waals surface area contributed by atoms with Crippen molar-refractivity contribution < 1.29 is 25.8 Å². The van der Waals surface area contributed by atoms with Crippen LogP contribution in [-0.2, 0) is 21.7 Å². The van der Waals surface area contributed by atoms with Gasteiger partial charge in [-0.2, -0.15) is 0 Å². The van der Waals surface area contributed by atoms with Crippen molar-refractivity contribution in [3.8, 4) is 0 Å². The summed E-state index contributed by atoms with van der Waals surface area (Å²) in [4.78, 5) is 0. The van der Waals surface area contributed by atoms with E-state index in [-0.39, 0.29) is 28.5 Å². The molecule has 284 valence electrons. The van der Waals surface area contributed by atoms with Crippen molar-refractivity contribution in [2.75, 3.05) is 6.79 Å². The first-order chi connectivity index (χ1) is 24.4. The smallest absolute Gasteiger partial charge is 0.389 e. The summed E-state index contributed by atoms with van der Waals surface area (Å²) in [6.07, 6.45) is 0. The maximum Gasteiger partial charge on any atom is 0.389 e. The molecule has 0 atom stereocenters. The van der Waals surface area contributed by atoms with E-state index in [1.54, 1.807) is 0 Å². The first kappa shape index (κ1) is 39.3. The summed E-state index contributed by atoms with van der Waals surface area (Å²) in [5.74, 6) is 0. The first-order valence-corrected chi connectivity index (χ1v) is 20.8. The van der Waals surface area contributed by atoms with Gasteiger partial charge in [0.2, 0.25) is 0 Å². The molecule has 6 nitrogen and oxygen atoms in total. The molecule has 8 heteroatoms. The fourth-order valence-corrected chi connectivity index (χ4v) is 9.09. The Balaban J connectivity index is 1.58. The summed E-state index contributed by atoms with van der Waals surface area (Å²) in [5, 5.41) is 4.04. The number of fused-ring (bicyclic) bond motifs is 6. The maximum absolute atomic E-state index is 6.81. The maximum atomic E-state index is 6.81. The van der Waals surface area contributed by atoms with Crippen molar-refractivity contribution in [1.82, 2.24) is 0 Å². The predicted molar refractivity (Wildman–Crippen MR) is 224 cm³/mol. The van der Waals surface area contributed by atoms with Crippen LogP contribution < -0.4 is 9.05 Å². The summed E-state index contributed by atoms with van der Waals surface area (Å²) in [6, 6.07) is 17.6. The molecule has 0 aliphatic heterocycles. The average molecular weight is 757 g/mol. The zero-order valence-electron chi connectivity index (χ0n) is 34.7. The minimum absolute atomic E-state index is 0.159. The SMILES string of the molecule is Cc1cc(C(C)(C)C)c2op(OCOp3oc4c(C(C)(C)C)cc(C)cc4c4cc(C)cc(C(C)(C)C)c4o3)oc3c(C(C)(C)C)cc(C)cc3c2c1. The second kappa shape index (κ2) is 13.7. The van der Waals surface area contributed by atoms with Gasteiger partial charge in [0.15, 0.2) is 6.79 Å². The molecule has 0 bridgehead atoms. The zero-order valence-corrected chi connectivity index (χ0v) is 36.5. The minimum Gasteiger partial charge on any atom is -0.399 e. The van der Waals surface area contributed by atoms with Gasteiger partial charge in [-0.3, -0.25) is 0 Å². The lowest BCUT2D eigenvalue weighted by Crippen LogP contribution is -2.12. The Labute approximate surface area is 317 Å². The van der Waals surface area contributed by atoms with Crippen LogP contribution in [0.2, 0.25) is 0 Å². The minimum atomic E-state index is -1.94. The van der Waals surface area contributed by atoms with Crippen LogP contribution in [0.1, 0.15) is 128 Å². The Kier molecular flexibility index (Phi) is 10.2. The third-order valence-corrected chi connectivity index (χ3v) is 11.7. The molecule has 0 aliphatic carbocycles. The Morgan fingerprint density at radius 1 is 0.377 bits per heavy atom. The van der Waals surface area contributed by atoms with E-state index in [0.29, 0.717) is 0 Å². The van der Waals surface area contributed by atoms with Crippen LogP contribution >= 0.6 is 16.5 Å². The number of rotatable bonds is 4. The lowest BCUT2D eigenvalue weighted by Gasteiger charge is -2.21. The monoisotopic (exact) mass is 756 g/mol. The van der Waals surface area contributed by atoms with E-state index < -0.39 is 16.5 Å². The molecule has 6 rings (SSSR count). The van der Waals surface area contributed by atoms with E-state index in [4.69, 9.17) is 25.8 Å². The van der Waals surface area contributed by atoms with Crippen molar-refractivity contribution in [2.45, 2.75) is 132 Å². The standard InChI is InChI=1S/C45H58O6P2/c1-26-17-30-31-18-27(2)22-35(43(8,9)10)39(31)49-52(48-38(30)34(21-26)42(5,6)7)46-25-47-53-50-40-32(19-28(3)23-36(40)44(11,12)13)33-20-29(4)24-37(41(33)51-53)45(14,15)16/h17-24H,25H2,1-16H3. The van der Waals surface area contributed by atoms with Crippen LogP contribution in [0.4, 0.5) is 0 Å². The van der Waals surface area contributed by atoms with Crippen LogP contribution in [0.5, 0.6) is 0 Å². The van der Waals surface area contributed by atoms with Gasteiger partial charge in [-0.25, -0.2) is 9.05 Å². The summed E-state index contributed by atoms with van der Waals surface area (Å²) in [6.45, 7) is 34.9. The van der Waals surface area contributed by atoms with Crippen LogP contribution in [-0.4, -0.2) is 6.79 Å². The van der Waals surface area contributed by atoms with Crippen LogP contribution in [0, 0.1) is 27.7 Å². The van der Waals surface area contributed by atoms with E-state index in [9.17, 15) is 0 Å². The normalized spacial score (nSPS) is 13.1. The lowest BCUT2D eigenvalue weighted by molar-refractivity contribution is 0.195. The fraction of sp³-hybridized carbons (Fsp3) is 0.467. The Bertz CT molecular complexity index is 2120. The average Bonchev–Trinajstić information content (AvgIpc) is 3.25. The lowest BCUT2D eigenvalue weighted by atomic mass is 9.83. The molecule has 0 aliphatic rings. The van der Waals surface area contributed by atoms with Crippen molar-refractivity contribution in [3.05, 3.63) is 93.0 Å². The molecule has 0 N–H and O–H groups in total. The first-order valence-electron chi connectivity index (χ1n) is 18.6. The third-order valence-electron chi connectivity index (χ3n) is 9.72. The Morgan fingerprint density at radius 3 is 0.774 bits per heavy atom.